The lowest BCUT2D eigenvalue weighted by atomic mass is 10.3. The molecule has 0 spiro atoms. The molecule has 0 fully saturated rings. The van der Waals surface area contributed by atoms with E-state index in [1.54, 1.807) is 24.3 Å². The average Bonchev–Trinajstić information content (AvgIpc) is 3.02. The number of sulfone groups is 1. The molecule has 0 saturated carbocycles. The number of hydrogen-bond acceptors (Lipinski definition) is 6. The van der Waals surface area contributed by atoms with Crippen molar-refractivity contribution in [2.75, 3.05) is 6.26 Å². The summed E-state index contributed by atoms with van der Waals surface area (Å²) in [5.41, 5.74) is 0.569. The Balaban J connectivity index is 1.82. The Hall–Kier alpha value is -2.81. The fraction of sp³-hybridized carbons (Fsp3) is 0.133. The van der Waals surface area contributed by atoms with E-state index >= 15 is 0 Å². The van der Waals surface area contributed by atoms with Crippen molar-refractivity contribution in [2.24, 2.45) is 0 Å². The van der Waals surface area contributed by atoms with E-state index in [0.29, 0.717) is 11.5 Å². The topological polar surface area (TPSA) is 87.0 Å². The normalized spacial score (nSPS) is 11.4. The van der Waals surface area contributed by atoms with Crippen LogP contribution in [0.2, 0.25) is 0 Å². The summed E-state index contributed by atoms with van der Waals surface area (Å²) in [6, 6.07) is 12.1. The van der Waals surface area contributed by atoms with Gasteiger partial charge in [-0.05, 0) is 46.8 Å². The lowest BCUT2D eigenvalue weighted by Crippen LogP contribution is -2.08. The number of para-hydroxylation sites is 1. The van der Waals surface area contributed by atoms with Gasteiger partial charge in [-0.25, -0.2) is 12.8 Å². The van der Waals surface area contributed by atoms with E-state index in [4.69, 9.17) is 4.74 Å². The number of hydrogen-bond donors (Lipinski definition) is 0. The summed E-state index contributed by atoms with van der Waals surface area (Å²) in [5.74, 6) is -0.0288. The number of benzene rings is 2. The molecule has 0 aliphatic carbocycles. The highest BCUT2D eigenvalue weighted by atomic mass is 32.2. The first-order valence-electron chi connectivity index (χ1n) is 6.90. The standard InChI is InChI=1S/C15H13FN4O3S/c1-24(21,22)12-8-6-11(7-9-12)20-15(17-18-19-20)10-23-14-5-3-2-4-13(14)16/h2-9H,10H2,1H3. The number of halogens is 1. The van der Waals surface area contributed by atoms with Crippen LogP contribution in [-0.2, 0) is 16.4 Å². The van der Waals surface area contributed by atoms with Gasteiger partial charge in [0.25, 0.3) is 0 Å². The van der Waals surface area contributed by atoms with E-state index in [1.165, 1.54) is 28.9 Å². The van der Waals surface area contributed by atoms with Gasteiger partial charge >= 0.3 is 0 Å². The summed E-state index contributed by atoms with van der Waals surface area (Å²) in [6.45, 7) is -0.0399. The lowest BCUT2D eigenvalue weighted by Gasteiger charge is -2.08. The van der Waals surface area contributed by atoms with Crippen LogP contribution in [-0.4, -0.2) is 34.9 Å². The molecule has 124 valence electrons. The summed E-state index contributed by atoms with van der Waals surface area (Å²) in [5, 5.41) is 11.3. The van der Waals surface area contributed by atoms with E-state index < -0.39 is 15.7 Å². The Bertz CT molecular complexity index is 955. The van der Waals surface area contributed by atoms with Crippen molar-refractivity contribution in [3.8, 4) is 11.4 Å². The van der Waals surface area contributed by atoms with Gasteiger partial charge in [-0.3, -0.25) is 0 Å². The zero-order valence-corrected chi connectivity index (χ0v) is 13.4. The fourth-order valence-electron chi connectivity index (χ4n) is 2.03. The van der Waals surface area contributed by atoms with Crippen LogP contribution in [0, 0.1) is 5.82 Å². The highest BCUT2D eigenvalue weighted by Crippen LogP contribution is 2.18. The molecular formula is C15H13FN4O3S. The zero-order valence-electron chi connectivity index (χ0n) is 12.6. The molecule has 0 atom stereocenters. The maximum absolute atomic E-state index is 13.6. The molecule has 1 heterocycles. The second-order valence-electron chi connectivity index (χ2n) is 4.99. The minimum atomic E-state index is -3.28. The Labute approximate surface area is 137 Å². The first kappa shape index (κ1) is 16.1. The minimum Gasteiger partial charge on any atom is -0.482 e. The van der Waals surface area contributed by atoms with Crippen molar-refractivity contribution in [1.82, 2.24) is 20.2 Å². The van der Waals surface area contributed by atoms with E-state index in [-0.39, 0.29) is 17.3 Å². The Morgan fingerprint density at radius 2 is 1.83 bits per heavy atom. The van der Waals surface area contributed by atoms with Crippen LogP contribution >= 0.6 is 0 Å². The third-order valence-corrected chi connectivity index (χ3v) is 4.37. The van der Waals surface area contributed by atoms with Crippen LogP contribution in [0.5, 0.6) is 5.75 Å². The summed E-state index contributed by atoms with van der Waals surface area (Å²) in [6.07, 6.45) is 1.13. The monoisotopic (exact) mass is 348 g/mol. The molecule has 1 aromatic heterocycles. The Kier molecular flexibility index (Phi) is 4.26. The molecule has 0 radical (unpaired) electrons. The second-order valence-corrected chi connectivity index (χ2v) is 7.01. The van der Waals surface area contributed by atoms with Gasteiger partial charge in [0.15, 0.2) is 27.2 Å². The number of aromatic nitrogens is 4. The van der Waals surface area contributed by atoms with E-state index in [0.717, 1.165) is 6.26 Å². The van der Waals surface area contributed by atoms with Crippen molar-refractivity contribution in [2.45, 2.75) is 11.5 Å². The predicted octanol–water partition coefficient (Wildman–Crippen LogP) is 1.78. The van der Waals surface area contributed by atoms with Gasteiger partial charge in [0, 0.05) is 6.26 Å². The number of nitrogens with zero attached hydrogens (tertiary/aromatic N) is 4. The SMILES string of the molecule is CS(=O)(=O)c1ccc(-n2nnnc2COc2ccccc2F)cc1. The molecule has 0 bridgehead atoms. The molecule has 0 saturated heterocycles. The van der Waals surface area contributed by atoms with Gasteiger partial charge in [-0.2, -0.15) is 4.68 Å². The Morgan fingerprint density at radius 1 is 1.12 bits per heavy atom. The first-order chi connectivity index (χ1) is 11.4. The summed E-state index contributed by atoms with van der Waals surface area (Å²) in [4.78, 5) is 0.198. The molecule has 24 heavy (non-hydrogen) atoms. The summed E-state index contributed by atoms with van der Waals surface area (Å²) >= 11 is 0. The third-order valence-electron chi connectivity index (χ3n) is 3.24. The highest BCUT2D eigenvalue weighted by Gasteiger charge is 2.12. The van der Waals surface area contributed by atoms with Crippen LogP contribution in [0.25, 0.3) is 5.69 Å². The van der Waals surface area contributed by atoms with Gasteiger partial charge in [0.1, 0.15) is 6.61 Å². The molecule has 2 aromatic carbocycles. The Morgan fingerprint density at radius 3 is 2.50 bits per heavy atom. The van der Waals surface area contributed by atoms with Crippen molar-refractivity contribution < 1.29 is 17.5 Å². The zero-order chi connectivity index (χ0) is 17.2. The van der Waals surface area contributed by atoms with Crippen LogP contribution < -0.4 is 4.74 Å². The maximum atomic E-state index is 13.6. The largest absolute Gasteiger partial charge is 0.482 e. The van der Waals surface area contributed by atoms with Crippen molar-refractivity contribution >= 4 is 9.84 Å². The average molecular weight is 348 g/mol. The third kappa shape index (κ3) is 3.40. The second kappa shape index (κ2) is 6.36. The predicted molar refractivity (Wildman–Crippen MR) is 83.0 cm³/mol. The molecule has 3 aromatic rings. The molecule has 3 rings (SSSR count). The van der Waals surface area contributed by atoms with Gasteiger partial charge in [-0.1, -0.05) is 12.1 Å². The molecule has 7 nitrogen and oxygen atoms in total. The molecule has 9 heteroatoms. The van der Waals surface area contributed by atoms with E-state index in [9.17, 15) is 12.8 Å². The lowest BCUT2D eigenvalue weighted by molar-refractivity contribution is 0.278. The fourth-order valence-corrected chi connectivity index (χ4v) is 2.67. The minimum absolute atomic E-state index is 0.0399. The van der Waals surface area contributed by atoms with Crippen LogP contribution in [0.1, 0.15) is 5.82 Å². The van der Waals surface area contributed by atoms with Crippen molar-refractivity contribution in [3.05, 3.63) is 60.2 Å². The van der Waals surface area contributed by atoms with Crippen LogP contribution in [0.15, 0.2) is 53.4 Å². The molecule has 0 aliphatic rings. The maximum Gasteiger partial charge on any atom is 0.194 e. The van der Waals surface area contributed by atoms with E-state index in [1.807, 2.05) is 0 Å². The molecule has 0 aliphatic heterocycles. The van der Waals surface area contributed by atoms with Gasteiger partial charge in [0.05, 0.1) is 10.6 Å². The van der Waals surface area contributed by atoms with Crippen molar-refractivity contribution in [1.29, 1.82) is 0 Å². The molecular weight excluding hydrogens is 335 g/mol. The molecule has 0 unspecified atom stereocenters. The quantitative estimate of drug-likeness (QED) is 0.698. The van der Waals surface area contributed by atoms with Gasteiger partial charge < -0.3 is 4.74 Å². The van der Waals surface area contributed by atoms with Crippen molar-refractivity contribution in [3.63, 3.8) is 0 Å². The number of ether oxygens (including phenoxy) is 1. The molecule has 0 N–H and O–H groups in total. The number of tetrazole rings is 1. The first-order valence-corrected chi connectivity index (χ1v) is 8.79. The smallest absolute Gasteiger partial charge is 0.194 e. The summed E-state index contributed by atoms with van der Waals surface area (Å²) < 4.78 is 43.3. The summed E-state index contributed by atoms with van der Waals surface area (Å²) in [7, 11) is -3.28. The highest BCUT2D eigenvalue weighted by molar-refractivity contribution is 7.90. The number of rotatable bonds is 5. The van der Waals surface area contributed by atoms with Crippen LogP contribution in [0.4, 0.5) is 4.39 Å². The van der Waals surface area contributed by atoms with Gasteiger partial charge in [-0.15, -0.1) is 5.10 Å². The van der Waals surface area contributed by atoms with Gasteiger partial charge in [0.2, 0.25) is 0 Å². The van der Waals surface area contributed by atoms with E-state index in [2.05, 4.69) is 15.5 Å². The van der Waals surface area contributed by atoms with Crippen LogP contribution in [0.3, 0.4) is 0 Å². The molecule has 0 amide bonds.